The molecule has 0 saturated heterocycles. The van der Waals surface area contributed by atoms with E-state index in [2.05, 4.69) is 4.40 Å². The van der Waals surface area contributed by atoms with Crippen molar-refractivity contribution in [1.29, 1.82) is 0 Å². The molecule has 0 N–H and O–H groups in total. The smallest absolute Gasteiger partial charge is 0.405 e. The Morgan fingerprint density at radius 3 is 2.90 bits per heavy atom. The summed E-state index contributed by atoms with van der Waals surface area (Å²) in [5.74, 6) is -0.707. The van der Waals surface area contributed by atoms with Gasteiger partial charge in [0.2, 0.25) is 0 Å². The number of rotatable bonds is 1. The summed E-state index contributed by atoms with van der Waals surface area (Å²) in [6.45, 7) is 1.74. The third kappa shape index (κ3) is 2.62. The molecule has 0 aromatic heterocycles. The molecule has 1 aliphatic heterocycles. The molecule has 1 heterocycles. The molecule has 0 amide bonds. The summed E-state index contributed by atoms with van der Waals surface area (Å²) in [6, 6.07) is 5.71. The second-order valence-electron chi connectivity index (χ2n) is 5.55. The fraction of sp³-hybridized carbons (Fsp3) is 0.500. The van der Waals surface area contributed by atoms with Gasteiger partial charge in [-0.15, -0.1) is 0 Å². The van der Waals surface area contributed by atoms with E-state index in [0.717, 1.165) is 12.8 Å². The van der Waals surface area contributed by atoms with Gasteiger partial charge in [-0.1, -0.05) is 23.0 Å². The van der Waals surface area contributed by atoms with E-state index in [1.165, 1.54) is 18.2 Å². The fourth-order valence-electron chi connectivity index (χ4n) is 2.90. The number of hydrogen-bond acceptors (Lipinski definition) is 4. The van der Waals surface area contributed by atoms with E-state index in [9.17, 15) is 12.8 Å². The second-order valence-corrected chi connectivity index (χ2v) is 7.34. The molecule has 1 fully saturated rings. The van der Waals surface area contributed by atoms with Gasteiger partial charge in [0, 0.05) is 0 Å². The lowest BCUT2D eigenvalue weighted by molar-refractivity contribution is 0.0146. The number of hydrogen-bond donors (Lipinski definition) is 0. The molecule has 21 heavy (non-hydrogen) atoms. The Kier molecular flexibility index (Phi) is 3.39. The van der Waals surface area contributed by atoms with Gasteiger partial charge in [0.05, 0.1) is 0 Å². The Morgan fingerprint density at radius 1 is 1.38 bits per heavy atom. The van der Waals surface area contributed by atoms with Crippen LogP contribution in [0.15, 0.2) is 28.7 Å². The van der Waals surface area contributed by atoms with E-state index < -0.39 is 32.8 Å². The summed E-state index contributed by atoms with van der Waals surface area (Å²) in [4.78, 5) is 0. The normalized spacial score (nSPS) is 30.8. The molecule has 1 saturated carbocycles. The number of nitrogens with zero attached hydrogens (tertiary/aromatic N) is 1. The van der Waals surface area contributed by atoms with E-state index in [1.807, 2.05) is 0 Å². The van der Waals surface area contributed by atoms with Gasteiger partial charge < -0.3 is 9.47 Å². The van der Waals surface area contributed by atoms with Gasteiger partial charge in [0.1, 0.15) is 10.9 Å². The van der Waals surface area contributed by atoms with Crippen molar-refractivity contribution in [3.63, 3.8) is 0 Å². The maximum absolute atomic E-state index is 13.6. The molecule has 0 spiro atoms. The van der Waals surface area contributed by atoms with Gasteiger partial charge in [-0.3, -0.25) is 0 Å². The molecule has 1 aliphatic carbocycles. The highest BCUT2D eigenvalue weighted by atomic mass is 32.2. The molecular weight excluding hydrogens is 297 g/mol. The van der Waals surface area contributed by atoms with Crippen molar-refractivity contribution in [2.24, 2.45) is 4.40 Å². The Labute approximate surface area is 122 Å². The van der Waals surface area contributed by atoms with Crippen molar-refractivity contribution in [2.75, 3.05) is 0 Å². The molecule has 1 aromatic carbocycles. The SMILES string of the molecule is CC12CCCCC1S(=O)(=O)N=C(Oc1ccccc1F)O2. The number of ether oxygens (including phenoxy) is 2. The second kappa shape index (κ2) is 4.98. The quantitative estimate of drug-likeness (QED) is 0.799. The Morgan fingerprint density at radius 2 is 2.14 bits per heavy atom. The topological polar surface area (TPSA) is 65.0 Å². The van der Waals surface area contributed by atoms with Crippen molar-refractivity contribution >= 4 is 16.1 Å². The monoisotopic (exact) mass is 313 g/mol. The van der Waals surface area contributed by atoms with Crippen molar-refractivity contribution < 1.29 is 22.3 Å². The lowest BCUT2D eigenvalue weighted by atomic mass is 9.86. The molecule has 114 valence electrons. The summed E-state index contributed by atoms with van der Waals surface area (Å²) in [7, 11) is -3.71. The van der Waals surface area contributed by atoms with Gasteiger partial charge in [0.25, 0.3) is 10.0 Å². The van der Waals surface area contributed by atoms with Crippen LogP contribution in [0.2, 0.25) is 0 Å². The summed E-state index contributed by atoms with van der Waals surface area (Å²) < 4.78 is 52.5. The van der Waals surface area contributed by atoms with Crippen LogP contribution in [0.5, 0.6) is 5.75 Å². The lowest BCUT2D eigenvalue weighted by Gasteiger charge is -2.41. The molecule has 2 atom stereocenters. The molecule has 2 aliphatic rings. The molecule has 7 heteroatoms. The zero-order chi connectivity index (χ0) is 15.1. The van der Waals surface area contributed by atoms with Gasteiger partial charge in [0.15, 0.2) is 11.6 Å². The summed E-state index contributed by atoms with van der Waals surface area (Å²) in [5, 5.41) is -0.660. The molecule has 0 bridgehead atoms. The first-order valence-corrected chi connectivity index (χ1v) is 8.36. The predicted molar refractivity (Wildman–Crippen MR) is 75.1 cm³/mol. The van der Waals surface area contributed by atoms with Crippen molar-refractivity contribution in [3.8, 4) is 5.75 Å². The highest BCUT2D eigenvalue weighted by Crippen LogP contribution is 2.39. The zero-order valence-electron chi connectivity index (χ0n) is 11.6. The molecule has 1 aromatic rings. The van der Waals surface area contributed by atoms with Crippen molar-refractivity contribution in [2.45, 2.75) is 43.5 Å². The first kappa shape index (κ1) is 14.3. The Balaban J connectivity index is 1.93. The zero-order valence-corrected chi connectivity index (χ0v) is 12.4. The highest BCUT2D eigenvalue weighted by Gasteiger charge is 2.51. The Hall–Kier alpha value is -1.63. The van der Waals surface area contributed by atoms with Crippen LogP contribution < -0.4 is 4.74 Å². The van der Waals surface area contributed by atoms with Gasteiger partial charge in [-0.05, 0) is 38.3 Å². The first-order valence-electron chi connectivity index (χ1n) is 6.86. The number of para-hydroxylation sites is 1. The number of halogens is 1. The van der Waals surface area contributed by atoms with Gasteiger partial charge in [-0.25, -0.2) is 12.8 Å². The predicted octanol–water partition coefficient (Wildman–Crippen LogP) is 2.62. The third-order valence-electron chi connectivity index (χ3n) is 3.99. The van der Waals surface area contributed by atoms with E-state index in [4.69, 9.17) is 9.47 Å². The average Bonchev–Trinajstić information content (AvgIpc) is 2.40. The first-order chi connectivity index (χ1) is 9.91. The van der Waals surface area contributed by atoms with E-state index in [0.29, 0.717) is 12.8 Å². The molecule has 5 nitrogen and oxygen atoms in total. The van der Waals surface area contributed by atoms with E-state index in [-0.39, 0.29) is 5.75 Å². The largest absolute Gasteiger partial charge is 0.442 e. The molecule has 0 radical (unpaired) electrons. The van der Waals surface area contributed by atoms with Crippen LogP contribution in [0.25, 0.3) is 0 Å². The minimum Gasteiger partial charge on any atom is -0.442 e. The third-order valence-corrected chi connectivity index (χ3v) is 5.84. The van der Waals surface area contributed by atoms with Crippen molar-refractivity contribution in [1.82, 2.24) is 0 Å². The highest BCUT2D eigenvalue weighted by molar-refractivity contribution is 7.91. The van der Waals surface area contributed by atoms with Crippen LogP contribution in [0.1, 0.15) is 32.6 Å². The van der Waals surface area contributed by atoms with Crippen LogP contribution >= 0.6 is 0 Å². The van der Waals surface area contributed by atoms with Gasteiger partial charge in [-0.2, -0.15) is 0 Å². The summed E-state index contributed by atoms with van der Waals surface area (Å²) in [6.07, 6.45) is 2.45. The summed E-state index contributed by atoms with van der Waals surface area (Å²) in [5.41, 5.74) is -0.862. The molecule has 3 rings (SSSR count). The summed E-state index contributed by atoms with van der Waals surface area (Å²) >= 11 is 0. The minimum atomic E-state index is -3.71. The standard InChI is InChI=1S/C14H16FNO4S/c1-14-9-5-4-8-12(14)21(17,18)16-13(20-14)19-11-7-3-2-6-10(11)15/h2-3,6-7,12H,4-5,8-9H2,1H3. The fourth-order valence-corrected chi connectivity index (χ4v) is 4.57. The molecule has 2 unspecified atom stereocenters. The van der Waals surface area contributed by atoms with Crippen LogP contribution in [0, 0.1) is 5.82 Å². The van der Waals surface area contributed by atoms with Crippen molar-refractivity contribution in [3.05, 3.63) is 30.1 Å². The minimum absolute atomic E-state index is 0.107. The number of benzene rings is 1. The van der Waals surface area contributed by atoms with E-state index >= 15 is 0 Å². The average molecular weight is 313 g/mol. The Bertz CT molecular complexity index is 688. The van der Waals surface area contributed by atoms with Crippen LogP contribution in [0.3, 0.4) is 0 Å². The van der Waals surface area contributed by atoms with Crippen LogP contribution in [0.4, 0.5) is 4.39 Å². The number of sulfonamides is 1. The number of fused-ring (bicyclic) bond motifs is 1. The van der Waals surface area contributed by atoms with Gasteiger partial charge >= 0.3 is 6.08 Å². The molecular formula is C14H16FNO4S. The van der Waals surface area contributed by atoms with Crippen LogP contribution in [-0.2, 0) is 14.8 Å². The van der Waals surface area contributed by atoms with E-state index in [1.54, 1.807) is 13.0 Å². The van der Waals surface area contributed by atoms with Crippen LogP contribution in [-0.4, -0.2) is 25.4 Å². The maximum Gasteiger partial charge on any atom is 0.405 e. The lowest BCUT2D eigenvalue weighted by Crippen LogP contribution is -2.53. The maximum atomic E-state index is 13.6.